The van der Waals surface area contributed by atoms with Gasteiger partial charge in [-0.1, -0.05) is 29.8 Å². The summed E-state index contributed by atoms with van der Waals surface area (Å²) in [4.78, 5) is 17.1. The molecule has 5 rings (SSSR count). The highest BCUT2D eigenvalue weighted by atomic mass is 35.5. The van der Waals surface area contributed by atoms with Crippen molar-refractivity contribution in [3.8, 4) is 22.3 Å². The van der Waals surface area contributed by atoms with Gasteiger partial charge < -0.3 is 15.5 Å². The monoisotopic (exact) mass is 417 g/mol. The Morgan fingerprint density at radius 3 is 2.47 bits per heavy atom. The molecule has 0 bridgehead atoms. The van der Waals surface area contributed by atoms with Gasteiger partial charge in [0.15, 0.2) is 0 Å². The minimum absolute atomic E-state index is 0.387. The molecular formula is C25H24ClN3O. The number of carbonyl (C=O) groups is 1. The van der Waals surface area contributed by atoms with Gasteiger partial charge >= 0.3 is 0 Å². The van der Waals surface area contributed by atoms with Crippen LogP contribution in [-0.2, 0) is 6.42 Å². The van der Waals surface area contributed by atoms with Crippen LogP contribution < -0.4 is 10.6 Å². The van der Waals surface area contributed by atoms with Crippen molar-refractivity contribution in [3.63, 3.8) is 0 Å². The number of primary amides is 1. The number of hydrogen-bond donors (Lipinski definition) is 1. The van der Waals surface area contributed by atoms with Crippen molar-refractivity contribution in [1.82, 2.24) is 4.90 Å². The van der Waals surface area contributed by atoms with E-state index >= 15 is 0 Å². The second-order valence-electron chi connectivity index (χ2n) is 8.23. The third-order valence-electron chi connectivity index (χ3n) is 6.29. The van der Waals surface area contributed by atoms with Gasteiger partial charge in [0.2, 0.25) is 5.91 Å². The SMILES string of the molecule is CN1CCN(c2ccc3c(c2)Cc2c(C(N)=O)cc(-c4cccc(Cl)c4)cc2-3)CC1. The first kappa shape index (κ1) is 19.2. The fourth-order valence-corrected chi connectivity index (χ4v) is 4.79. The Balaban J connectivity index is 1.57. The van der Waals surface area contributed by atoms with Crippen molar-refractivity contribution in [2.24, 2.45) is 5.73 Å². The van der Waals surface area contributed by atoms with E-state index in [4.69, 9.17) is 17.3 Å². The summed E-state index contributed by atoms with van der Waals surface area (Å²) in [6.07, 6.45) is 0.736. The molecule has 0 radical (unpaired) electrons. The van der Waals surface area contributed by atoms with E-state index in [0.717, 1.165) is 54.9 Å². The summed E-state index contributed by atoms with van der Waals surface area (Å²) in [5, 5.41) is 0.672. The van der Waals surface area contributed by atoms with Gasteiger partial charge in [-0.15, -0.1) is 0 Å². The molecule has 1 amide bonds. The smallest absolute Gasteiger partial charge is 0.249 e. The molecule has 1 aliphatic carbocycles. The summed E-state index contributed by atoms with van der Waals surface area (Å²) in [7, 11) is 2.17. The van der Waals surface area contributed by atoms with Crippen LogP contribution in [0, 0.1) is 0 Å². The molecule has 2 aliphatic rings. The number of nitrogens with two attached hydrogens (primary N) is 1. The van der Waals surface area contributed by atoms with E-state index in [-0.39, 0.29) is 5.91 Å². The van der Waals surface area contributed by atoms with Crippen LogP contribution >= 0.6 is 11.6 Å². The lowest BCUT2D eigenvalue weighted by molar-refractivity contribution is 0.0999. The van der Waals surface area contributed by atoms with Gasteiger partial charge in [-0.3, -0.25) is 4.79 Å². The van der Waals surface area contributed by atoms with E-state index in [1.165, 1.54) is 16.8 Å². The van der Waals surface area contributed by atoms with E-state index in [1.54, 1.807) is 0 Å². The lowest BCUT2D eigenvalue weighted by Crippen LogP contribution is -2.44. The van der Waals surface area contributed by atoms with E-state index in [2.05, 4.69) is 41.1 Å². The maximum Gasteiger partial charge on any atom is 0.249 e. The molecule has 1 saturated heterocycles. The minimum Gasteiger partial charge on any atom is -0.369 e. The maximum atomic E-state index is 12.3. The van der Waals surface area contributed by atoms with Gasteiger partial charge in [0.25, 0.3) is 0 Å². The number of fused-ring (bicyclic) bond motifs is 3. The Hall–Kier alpha value is -2.82. The number of halogens is 1. The molecule has 0 unspecified atom stereocenters. The number of benzene rings is 3. The molecule has 152 valence electrons. The molecule has 2 N–H and O–H groups in total. The number of amides is 1. The topological polar surface area (TPSA) is 49.6 Å². The summed E-state index contributed by atoms with van der Waals surface area (Å²) >= 11 is 6.20. The first-order valence-corrected chi connectivity index (χ1v) is 10.7. The zero-order valence-corrected chi connectivity index (χ0v) is 17.7. The molecule has 1 heterocycles. The Morgan fingerprint density at radius 2 is 1.73 bits per heavy atom. The highest BCUT2D eigenvalue weighted by molar-refractivity contribution is 6.30. The van der Waals surface area contributed by atoms with Crippen LogP contribution in [0.25, 0.3) is 22.3 Å². The predicted molar refractivity (Wildman–Crippen MR) is 123 cm³/mol. The molecule has 0 spiro atoms. The number of piperazine rings is 1. The van der Waals surface area contributed by atoms with Crippen molar-refractivity contribution in [2.75, 3.05) is 38.1 Å². The number of rotatable bonds is 3. The Labute approximate surface area is 181 Å². The van der Waals surface area contributed by atoms with Crippen LogP contribution in [0.3, 0.4) is 0 Å². The van der Waals surface area contributed by atoms with Gasteiger partial charge in [0.1, 0.15) is 0 Å². The first-order valence-electron chi connectivity index (χ1n) is 10.3. The average Bonchev–Trinajstić information content (AvgIpc) is 3.11. The quantitative estimate of drug-likeness (QED) is 0.536. The van der Waals surface area contributed by atoms with Crippen LogP contribution in [0.15, 0.2) is 54.6 Å². The summed E-state index contributed by atoms with van der Waals surface area (Å²) in [5.74, 6) is -0.387. The molecular weight excluding hydrogens is 394 g/mol. The van der Waals surface area contributed by atoms with Gasteiger partial charge in [0, 0.05) is 42.5 Å². The highest BCUT2D eigenvalue weighted by Gasteiger charge is 2.26. The van der Waals surface area contributed by atoms with Gasteiger partial charge in [-0.05, 0) is 83.2 Å². The molecule has 4 nitrogen and oxygen atoms in total. The predicted octanol–water partition coefficient (Wildman–Crippen LogP) is 4.43. The molecule has 3 aromatic rings. The van der Waals surface area contributed by atoms with Crippen molar-refractivity contribution in [1.29, 1.82) is 0 Å². The van der Waals surface area contributed by atoms with Gasteiger partial charge in [-0.25, -0.2) is 0 Å². The fraction of sp³-hybridized carbons (Fsp3) is 0.240. The number of hydrogen-bond acceptors (Lipinski definition) is 3. The second-order valence-corrected chi connectivity index (χ2v) is 8.67. The van der Waals surface area contributed by atoms with Gasteiger partial charge in [-0.2, -0.15) is 0 Å². The van der Waals surface area contributed by atoms with E-state index in [0.29, 0.717) is 10.6 Å². The number of likely N-dealkylation sites (N-methyl/N-ethyl adjacent to an activating group) is 1. The van der Waals surface area contributed by atoms with E-state index in [9.17, 15) is 4.79 Å². The van der Waals surface area contributed by atoms with Crippen molar-refractivity contribution in [3.05, 3.63) is 76.3 Å². The highest BCUT2D eigenvalue weighted by Crippen LogP contribution is 2.42. The molecule has 30 heavy (non-hydrogen) atoms. The fourth-order valence-electron chi connectivity index (χ4n) is 4.60. The average molecular weight is 418 g/mol. The molecule has 1 fully saturated rings. The van der Waals surface area contributed by atoms with Crippen molar-refractivity contribution < 1.29 is 4.79 Å². The zero-order valence-electron chi connectivity index (χ0n) is 17.0. The Kier molecular flexibility index (Phi) is 4.76. The molecule has 0 saturated carbocycles. The lowest BCUT2D eigenvalue weighted by Gasteiger charge is -2.34. The third-order valence-corrected chi connectivity index (χ3v) is 6.52. The standard InChI is InChI=1S/C25H24ClN3O/c1-28-7-9-29(10-8-28)20-5-6-21-18(12-20)15-23-22(21)13-17(14-24(23)25(27)30)16-3-2-4-19(26)11-16/h2-6,11-14H,7-10,15H2,1H3,(H2,27,30). The summed E-state index contributed by atoms with van der Waals surface area (Å²) in [6, 6.07) is 18.4. The summed E-state index contributed by atoms with van der Waals surface area (Å²) < 4.78 is 0. The Morgan fingerprint density at radius 1 is 0.933 bits per heavy atom. The number of carbonyl (C=O) groups excluding carboxylic acids is 1. The minimum atomic E-state index is -0.387. The molecule has 1 aliphatic heterocycles. The normalized spacial score (nSPS) is 15.7. The van der Waals surface area contributed by atoms with E-state index < -0.39 is 0 Å². The van der Waals surface area contributed by atoms with Crippen LogP contribution in [-0.4, -0.2) is 44.0 Å². The van der Waals surface area contributed by atoms with Crippen LogP contribution in [0.5, 0.6) is 0 Å². The molecule has 3 aromatic carbocycles. The zero-order chi connectivity index (χ0) is 20.8. The van der Waals surface area contributed by atoms with Crippen molar-refractivity contribution >= 4 is 23.2 Å². The molecule has 0 atom stereocenters. The second kappa shape index (κ2) is 7.46. The Bertz CT molecular complexity index is 1150. The molecule has 0 aromatic heterocycles. The molecule has 5 heteroatoms. The first-order chi connectivity index (χ1) is 14.5. The number of nitrogens with zero attached hydrogens (tertiary/aromatic N) is 2. The van der Waals surface area contributed by atoms with Gasteiger partial charge in [0.05, 0.1) is 0 Å². The van der Waals surface area contributed by atoms with E-state index in [1.807, 2.05) is 30.3 Å². The summed E-state index contributed by atoms with van der Waals surface area (Å²) in [5.41, 5.74) is 14.1. The third kappa shape index (κ3) is 3.36. The largest absolute Gasteiger partial charge is 0.369 e. The lowest BCUT2D eigenvalue weighted by atomic mass is 9.94. The summed E-state index contributed by atoms with van der Waals surface area (Å²) in [6.45, 7) is 4.22. The van der Waals surface area contributed by atoms with Crippen LogP contribution in [0.2, 0.25) is 5.02 Å². The van der Waals surface area contributed by atoms with Crippen molar-refractivity contribution in [2.45, 2.75) is 6.42 Å². The maximum absolute atomic E-state index is 12.3. The van der Waals surface area contributed by atoms with Crippen LogP contribution in [0.1, 0.15) is 21.5 Å². The number of anilines is 1. The van der Waals surface area contributed by atoms with Crippen LogP contribution in [0.4, 0.5) is 5.69 Å².